The minimum atomic E-state index is -0.115. The Morgan fingerprint density at radius 1 is 1.26 bits per heavy atom. The van der Waals surface area contributed by atoms with Crippen molar-refractivity contribution in [3.8, 4) is 5.88 Å². The van der Waals surface area contributed by atoms with Gasteiger partial charge in [-0.25, -0.2) is 9.97 Å². The van der Waals surface area contributed by atoms with Gasteiger partial charge in [-0.3, -0.25) is 4.79 Å². The van der Waals surface area contributed by atoms with Crippen molar-refractivity contribution >= 4 is 11.7 Å². The molecule has 0 spiro atoms. The lowest BCUT2D eigenvalue weighted by Crippen LogP contribution is -2.28. The van der Waals surface area contributed by atoms with E-state index in [-0.39, 0.29) is 5.91 Å². The van der Waals surface area contributed by atoms with E-state index >= 15 is 0 Å². The van der Waals surface area contributed by atoms with E-state index in [1.54, 1.807) is 31.6 Å². The SMILES string of the molecule is COc1ccc(CNC(=O)c2cccnc2N2CCCC2)cn1. The zero-order chi connectivity index (χ0) is 16.1. The Labute approximate surface area is 135 Å². The van der Waals surface area contributed by atoms with Crippen molar-refractivity contribution < 1.29 is 9.53 Å². The summed E-state index contributed by atoms with van der Waals surface area (Å²) in [5, 5.41) is 2.93. The van der Waals surface area contributed by atoms with Gasteiger partial charge in [0.1, 0.15) is 5.82 Å². The van der Waals surface area contributed by atoms with Crippen molar-refractivity contribution in [1.29, 1.82) is 0 Å². The van der Waals surface area contributed by atoms with Crippen LogP contribution >= 0.6 is 0 Å². The van der Waals surface area contributed by atoms with Crippen molar-refractivity contribution in [1.82, 2.24) is 15.3 Å². The van der Waals surface area contributed by atoms with E-state index in [0.29, 0.717) is 18.0 Å². The first-order valence-electron chi connectivity index (χ1n) is 7.75. The van der Waals surface area contributed by atoms with Crippen LogP contribution in [0.25, 0.3) is 0 Å². The highest BCUT2D eigenvalue weighted by Crippen LogP contribution is 2.21. The van der Waals surface area contributed by atoms with Crippen molar-refractivity contribution in [2.24, 2.45) is 0 Å². The summed E-state index contributed by atoms with van der Waals surface area (Å²) in [4.78, 5) is 23.2. The van der Waals surface area contributed by atoms with Crippen LogP contribution < -0.4 is 15.0 Å². The molecule has 0 aromatic carbocycles. The number of carbonyl (C=O) groups is 1. The summed E-state index contributed by atoms with van der Waals surface area (Å²) in [5.74, 6) is 1.22. The Morgan fingerprint density at radius 3 is 2.78 bits per heavy atom. The molecule has 1 saturated heterocycles. The molecule has 1 amide bonds. The van der Waals surface area contributed by atoms with Gasteiger partial charge in [-0.05, 0) is 30.5 Å². The number of anilines is 1. The van der Waals surface area contributed by atoms with E-state index in [9.17, 15) is 4.79 Å². The average molecular weight is 312 g/mol. The lowest BCUT2D eigenvalue weighted by Gasteiger charge is -2.19. The smallest absolute Gasteiger partial charge is 0.255 e. The number of methoxy groups -OCH3 is 1. The van der Waals surface area contributed by atoms with E-state index in [2.05, 4.69) is 20.2 Å². The van der Waals surface area contributed by atoms with Crippen molar-refractivity contribution in [3.05, 3.63) is 47.8 Å². The van der Waals surface area contributed by atoms with Gasteiger partial charge in [0.05, 0.1) is 12.7 Å². The zero-order valence-corrected chi connectivity index (χ0v) is 13.2. The Balaban J connectivity index is 1.68. The van der Waals surface area contributed by atoms with Gasteiger partial charge in [-0.1, -0.05) is 6.07 Å². The third kappa shape index (κ3) is 3.59. The normalized spacial score (nSPS) is 13.9. The third-order valence-electron chi connectivity index (χ3n) is 3.90. The average Bonchev–Trinajstić information content (AvgIpc) is 3.14. The maximum Gasteiger partial charge on any atom is 0.255 e. The molecule has 6 nitrogen and oxygen atoms in total. The molecule has 23 heavy (non-hydrogen) atoms. The molecular weight excluding hydrogens is 292 g/mol. The molecule has 6 heteroatoms. The predicted octanol–water partition coefficient (Wildman–Crippen LogP) is 2.02. The summed E-state index contributed by atoms with van der Waals surface area (Å²) in [7, 11) is 1.58. The van der Waals surface area contributed by atoms with E-state index in [1.165, 1.54) is 0 Å². The van der Waals surface area contributed by atoms with Crippen LogP contribution in [0.5, 0.6) is 5.88 Å². The molecule has 0 aliphatic carbocycles. The fourth-order valence-electron chi connectivity index (χ4n) is 2.67. The fraction of sp³-hybridized carbons (Fsp3) is 0.353. The number of nitrogens with zero attached hydrogens (tertiary/aromatic N) is 3. The first-order valence-corrected chi connectivity index (χ1v) is 7.75. The van der Waals surface area contributed by atoms with Gasteiger partial charge in [-0.15, -0.1) is 0 Å². The van der Waals surface area contributed by atoms with Gasteiger partial charge in [0, 0.05) is 38.1 Å². The van der Waals surface area contributed by atoms with E-state index in [4.69, 9.17) is 4.74 Å². The minimum absolute atomic E-state index is 0.115. The Bertz CT molecular complexity index is 667. The molecule has 3 rings (SSSR count). The summed E-state index contributed by atoms with van der Waals surface area (Å²) in [6.45, 7) is 2.34. The maximum atomic E-state index is 12.5. The topological polar surface area (TPSA) is 67.3 Å². The summed E-state index contributed by atoms with van der Waals surface area (Å²) in [6.07, 6.45) is 5.73. The zero-order valence-electron chi connectivity index (χ0n) is 13.2. The molecule has 0 unspecified atom stereocenters. The summed E-state index contributed by atoms with van der Waals surface area (Å²) < 4.78 is 5.02. The highest BCUT2D eigenvalue weighted by Gasteiger charge is 2.20. The molecule has 0 radical (unpaired) electrons. The molecule has 2 aromatic heterocycles. The lowest BCUT2D eigenvalue weighted by atomic mass is 10.2. The summed E-state index contributed by atoms with van der Waals surface area (Å²) in [5.41, 5.74) is 1.54. The van der Waals surface area contributed by atoms with E-state index in [0.717, 1.165) is 37.3 Å². The van der Waals surface area contributed by atoms with Gasteiger partial charge in [0.15, 0.2) is 0 Å². The molecule has 0 bridgehead atoms. The highest BCUT2D eigenvalue weighted by molar-refractivity contribution is 5.98. The van der Waals surface area contributed by atoms with Crippen LogP contribution in [-0.4, -0.2) is 36.1 Å². The van der Waals surface area contributed by atoms with E-state index < -0.39 is 0 Å². The Morgan fingerprint density at radius 2 is 2.09 bits per heavy atom. The fourth-order valence-corrected chi connectivity index (χ4v) is 2.67. The molecule has 120 valence electrons. The van der Waals surface area contributed by atoms with E-state index in [1.807, 2.05) is 12.1 Å². The molecule has 3 heterocycles. The number of aromatic nitrogens is 2. The number of hydrogen-bond acceptors (Lipinski definition) is 5. The molecule has 0 saturated carbocycles. The van der Waals surface area contributed by atoms with Crippen LogP contribution in [-0.2, 0) is 6.54 Å². The van der Waals surface area contributed by atoms with Crippen LogP contribution in [0.4, 0.5) is 5.82 Å². The van der Waals surface area contributed by atoms with Crippen molar-refractivity contribution in [2.45, 2.75) is 19.4 Å². The largest absolute Gasteiger partial charge is 0.481 e. The van der Waals surface area contributed by atoms with Gasteiger partial charge in [0.2, 0.25) is 5.88 Å². The molecule has 2 aromatic rings. The maximum absolute atomic E-state index is 12.5. The lowest BCUT2D eigenvalue weighted by molar-refractivity contribution is 0.0951. The first-order chi connectivity index (χ1) is 11.3. The van der Waals surface area contributed by atoms with Gasteiger partial charge >= 0.3 is 0 Å². The van der Waals surface area contributed by atoms with Crippen molar-refractivity contribution in [3.63, 3.8) is 0 Å². The summed E-state index contributed by atoms with van der Waals surface area (Å²) in [6, 6.07) is 7.28. The van der Waals surface area contributed by atoms with Crippen LogP contribution in [0, 0.1) is 0 Å². The predicted molar refractivity (Wildman–Crippen MR) is 87.6 cm³/mol. The van der Waals surface area contributed by atoms with Crippen LogP contribution in [0.3, 0.4) is 0 Å². The molecule has 1 aliphatic heterocycles. The second kappa shape index (κ2) is 7.09. The van der Waals surface area contributed by atoms with Gasteiger partial charge < -0.3 is 15.0 Å². The molecule has 1 N–H and O–H groups in total. The second-order valence-electron chi connectivity index (χ2n) is 5.46. The van der Waals surface area contributed by atoms with Crippen molar-refractivity contribution in [2.75, 3.05) is 25.1 Å². The molecule has 0 atom stereocenters. The number of rotatable bonds is 5. The van der Waals surface area contributed by atoms with Crippen LogP contribution in [0.2, 0.25) is 0 Å². The molecular formula is C17H20N4O2. The standard InChI is InChI=1S/C17H20N4O2/c1-23-15-7-6-13(11-19-15)12-20-17(22)14-5-4-8-18-16(14)21-9-2-3-10-21/h4-8,11H,2-3,9-10,12H2,1H3,(H,20,22). The number of carbonyl (C=O) groups excluding carboxylic acids is 1. The number of ether oxygens (including phenoxy) is 1. The van der Waals surface area contributed by atoms with Gasteiger partial charge in [0.25, 0.3) is 5.91 Å². The monoisotopic (exact) mass is 312 g/mol. The third-order valence-corrected chi connectivity index (χ3v) is 3.90. The van der Waals surface area contributed by atoms with Gasteiger partial charge in [-0.2, -0.15) is 0 Å². The number of nitrogens with one attached hydrogen (secondary N) is 1. The highest BCUT2D eigenvalue weighted by atomic mass is 16.5. The second-order valence-corrected chi connectivity index (χ2v) is 5.46. The number of amides is 1. The minimum Gasteiger partial charge on any atom is -0.481 e. The summed E-state index contributed by atoms with van der Waals surface area (Å²) >= 11 is 0. The quantitative estimate of drug-likeness (QED) is 0.915. The molecule has 1 aliphatic rings. The van der Waals surface area contributed by atoms with Crippen LogP contribution in [0.1, 0.15) is 28.8 Å². The first kappa shape index (κ1) is 15.3. The number of pyridine rings is 2. The van der Waals surface area contributed by atoms with Crippen LogP contribution in [0.15, 0.2) is 36.7 Å². The number of hydrogen-bond donors (Lipinski definition) is 1. The Hall–Kier alpha value is -2.63. The Kier molecular flexibility index (Phi) is 4.71. The molecule has 1 fully saturated rings.